The van der Waals surface area contributed by atoms with Gasteiger partial charge in [0.1, 0.15) is 11.6 Å². The molecule has 2 amide bonds. The molecule has 2 aliphatic heterocycles. The van der Waals surface area contributed by atoms with E-state index >= 15 is 0 Å². The lowest BCUT2D eigenvalue weighted by Gasteiger charge is -2.32. The number of urea groups is 1. The summed E-state index contributed by atoms with van der Waals surface area (Å²) >= 11 is 0. The molecule has 0 aliphatic carbocycles. The molecule has 148 valence electrons. The second-order valence-corrected chi connectivity index (χ2v) is 7.63. The van der Waals surface area contributed by atoms with Crippen molar-refractivity contribution in [2.24, 2.45) is 5.92 Å². The molecule has 0 radical (unpaired) electrons. The Kier molecular flexibility index (Phi) is 5.57. The van der Waals surface area contributed by atoms with Gasteiger partial charge in [0.05, 0.1) is 0 Å². The molecule has 28 heavy (non-hydrogen) atoms. The number of nitrogens with one attached hydrogen (secondary N) is 2. The summed E-state index contributed by atoms with van der Waals surface area (Å²) in [5.41, 5.74) is 3.49. The van der Waals surface area contributed by atoms with Gasteiger partial charge in [0.2, 0.25) is 0 Å². The third-order valence-electron chi connectivity index (χ3n) is 5.84. The summed E-state index contributed by atoms with van der Waals surface area (Å²) < 4.78 is 27.7. The Bertz CT molecular complexity index is 843. The molecule has 2 aromatic carbocycles. The van der Waals surface area contributed by atoms with Crippen molar-refractivity contribution in [3.63, 3.8) is 0 Å². The van der Waals surface area contributed by atoms with Crippen molar-refractivity contribution in [1.82, 2.24) is 10.2 Å². The highest BCUT2D eigenvalue weighted by Crippen LogP contribution is 2.26. The van der Waals surface area contributed by atoms with Crippen LogP contribution in [0.1, 0.15) is 29.5 Å². The summed E-state index contributed by atoms with van der Waals surface area (Å²) in [5.74, 6) is -0.780. The van der Waals surface area contributed by atoms with Gasteiger partial charge in [0.25, 0.3) is 0 Å². The molecule has 0 aromatic heterocycles. The Labute approximate surface area is 163 Å². The maximum Gasteiger partial charge on any atom is 0.321 e. The molecule has 6 heteroatoms. The highest BCUT2D eigenvalue weighted by atomic mass is 19.1. The maximum absolute atomic E-state index is 13.9. The normalized spacial score (nSPS) is 17.3. The van der Waals surface area contributed by atoms with Crippen LogP contribution in [0.15, 0.2) is 36.4 Å². The molecule has 0 spiro atoms. The van der Waals surface area contributed by atoms with E-state index in [1.807, 2.05) is 12.1 Å². The lowest BCUT2D eigenvalue weighted by atomic mass is 9.90. The predicted octanol–water partition coefficient (Wildman–Crippen LogP) is 4.10. The number of hydrogen-bond donors (Lipinski definition) is 2. The molecule has 2 N–H and O–H groups in total. The summed E-state index contributed by atoms with van der Waals surface area (Å²) in [6, 6.07) is 9.91. The fraction of sp³-hybridized carbons (Fsp3) is 0.409. The van der Waals surface area contributed by atoms with Crippen LogP contribution in [-0.4, -0.2) is 30.6 Å². The second-order valence-electron chi connectivity index (χ2n) is 7.63. The summed E-state index contributed by atoms with van der Waals surface area (Å²) in [5, 5.41) is 6.40. The molecule has 4 nitrogen and oxygen atoms in total. The minimum atomic E-state index is -0.483. The number of likely N-dealkylation sites (tertiary alicyclic amines) is 1. The third kappa shape index (κ3) is 4.02. The molecule has 0 unspecified atom stereocenters. The van der Waals surface area contributed by atoms with Crippen molar-refractivity contribution < 1.29 is 13.6 Å². The second kappa shape index (κ2) is 8.27. The molecule has 0 atom stereocenters. The Morgan fingerprint density at radius 2 is 1.82 bits per heavy atom. The lowest BCUT2D eigenvalue weighted by molar-refractivity contribution is 0.182. The first-order chi connectivity index (χ1) is 13.6. The smallest absolute Gasteiger partial charge is 0.321 e. The predicted molar refractivity (Wildman–Crippen MR) is 105 cm³/mol. The van der Waals surface area contributed by atoms with Gasteiger partial charge < -0.3 is 15.5 Å². The first kappa shape index (κ1) is 18.9. The zero-order valence-electron chi connectivity index (χ0n) is 15.8. The van der Waals surface area contributed by atoms with Gasteiger partial charge in [-0.05, 0) is 67.5 Å². The maximum atomic E-state index is 13.9. The molecule has 1 saturated heterocycles. The third-order valence-corrected chi connectivity index (χ3v) is 5.84. The van der Waals surface area contributed by atoms with Crippen molar-refractivity contribution in [3.8, 4) is 0 Å². The van der Waals surface area contributed by atoms with Crippen molar-refractivity contribution in [2.75, 3.05) is 25.0 Å². The number of rotatable bonds is 3. The number of benzene rings is 2. The zero-order chi connectivity index (χ0) is 19.5. The molecular formula is C22H25F2N3O. The molecule has 0 bridgehead atoms. The van der Waals surface area contributed by atoms with E-state index in [0.717, 1.165) is 38.0 Å². The van der Waals surface area contributed by atoms with E-state index in [-0.39, 0.29) is 17.5 Å². The molecular weight excluding hydrogens is 360 g/mol. The number of nitrogens with zero attached hydrogens (tertiary/aromatic N) is 1. The first-order valence-electron chi connectivity index (χ1n) is 9.92. The van der Waals surface area contributed by atoms with Gasteiger partial charge in [-0.2, -0.15) is 0 Å². The Hall–Kier alpha value is -2.47. The van der Waals surface area contributed by atoms with Gasteiger partial charge in [-0.3, -0.25) is 0 Å². The molecule has 1 fully saturated rings. The van der Waals surface area contributed by atoms with E-state index in [2.05, 4.69) is 16.7 Å². The van der Waals surface area contributed by atoms with E-state index in [1.54, 1.807) is 4.90 Å². The quantitative estimate of drug-likeness (QED) is 0.836. The van der Waals surface area contributed by atoms with Crippen molar-refractivity contribution in [3.05, 3.63) is 64.7 Å². The highest BCUT2D eigenvalue weighted by Gasteiger charge is 2.25. The van der Waals surface area contributed by atoms with Crippen LogP contribution in [0, 0.1) is 17.6 Å². The van der Waals surface area contributed by atoms with Crippen LogP contribution >= 0.6 is 0 Å². The van der Waals surface area contributed by atoms with Gasteiger partial charge in [-0.1, -0.05) is 18.2 Å². The van der Waals surface area contributed by atoms with Crippen LogP contribution in [0.3, 0.4) is 0 Å². The van der Waals surface area contributed by atoms with E-state index in [4.69, 9.17) is 0 Å². The van der Waals surface area contributed by atoms with Crippen molar-refractivity contribution in [1.29, 1.82) is 0 Å². The lowest BCUT2D eigenvalue weighted by Crippen LogP contribution is -2.41. The zero-order valence-corrected chi connectivity index (χ0v) is 15.8. The van der Waals surface area contributed by atoms with Gasteiger partial charge in [-0.25, -0.2) is 13.6 Å². The van der Waals surface area contributed by atoms with Crippen LogP contribution in [0.2, 0.25) is 0 Å². The van der Waals surface area contributed by atoms with Gasteiger partial charge in [-0.15, -0.1) is 0 Å². The molecule has 2 heterocycles. The summed E-state index contributed by atoms with van der Waals surface area (Å²) in [6.45, 7) is 2.95. The highest BCUT2D eigenvalue weighted by molar-refractivity contribution is 5.90. The summed E-state index contributed by atoms with van der Waals surface area (Å²) in [7, 11) is 0. The number of amides is 2. The Balaban J connectivity index is 1.35. The molecule has 2 aliphatic rings. The Morgan fingerprint density at radius 1 is 1.11 bits per heavy atom. The van der Waals surface area contributed by atoms with Gasteiger partial charge >= 0.3 is 6.03 Å². The minimum Gasteiger partial charge on any atom is -0.325 e. The molecule has 4 rings (SSSR count). The van der Waals surface area contributed by atoms with Gasteiger partial charge in [0.15, 0.2) is 0 Å². The van der Waals surface area contributed by atoms with Crippen LogP contribution in [0.25, 0.3) is 0 Å². The SMILES string of the molecule is O=C(Nc1cccc2c1CCNC2)N1CCC(Cc2c(F)cccc2F)CC1. The number of fused-ring (bicyclic) bond motifs is 1. The average Bonchev–Trinajstić information content (AvgIpc) is 2.71. The van der Waals surface area contributed by atoms with Crippen LogP contribution in [-0.2, 0) is 19.4 Å². The van der Waals surface area contributed by atoms with E-state index < -0.39 is 11.6 Å². The van der Waals surface area contributed by atoms with Crippen molar-refractivity contribution >= 4 is 11.7 Å². The number of halogens is 2. The van der Waals surface area contributed by atoms with E-state index in [1.165, 1.54) is 29.3 Å². The topological polar surface area (TPSA) is 44.4 Å². The molecule has 0 saturated carbocycles. The monoisotopic (exact) mass is 385 g/mol. The number of piperidine rings is 1. The van der Waals surface area contributed by atoms with Crippen LogP contribution < -0.4 is 10.6 Å². The number of carbonyl (C=O) groups excluding carboxylic acids is 1. The summed E-state index contributed by atoms with van der Waals surface area (Å²) in [6.07, 6.45) is 2.78. The number of carbonyl (C=O) groups is 1. The standard InChI is InChI=1S/C22H25F2N3O/c23-19-4-2-5-20(24)18(19)13-15-8-11-27(12-9-15)22(28)26-21-6-1-3-16-14-25-10-7-17(16)21/h1-6,15,25H,7-14H2,(H,26,28). The van der Waals surface area contributed by atoms with E-state index in [9.17, 15) is 13.6 Å². The fourth-order valence-electron chi connectivity index (χ4n) is 4.20. The number of anilines is 1. The first-order valence-corrected chi connectivity index (χ1v) is 9.92. The minimum absolute atomic E-state index is 0.0949. The fourth-order valence-corrected chi connectivity index (χ4v) is 4.20. The number of hydrogen-bond acceptors (Lipinski definition) is 2. The van der Waals surface area contributed by atoms with E-state index in [0.29, 0.717) is 19.5 Å². The Morgan fingerprint density at radius 3 is 2.57 bits per heavy atom. The van der Waals surface area contributed by atoms with Gasteiger partial charge in [0, 0.05) is 30.9 Å². The largest absolute Gasteiger partial charge is 0.325 e. The van der Waals surface area contributed by atoms with Crippen LogP contribution in [0.4, 0.5) is 19.3 Å². The summed E-state index contributed by atoms with van der Waals surface area (Å²) in [4.78, 5) is 14.5. The average molecular weight is 385 g/mol. The van der Waals surface area contributed by atoms with Crippen LogP contribution in [0.5, 0.6) is 0 Å². The molecule has 2 aromatic rings. The van der Waals surface area contributed by atoms with Crippen molar-refractivity contribution in [2.45, 2.75) is 32.2 Å².